The highest BCUT2D eigenvalue weighted by atomic mass is 16.5. The van der Waals surface area contributed by atoms with E-state index in [2.05, 4.69) is 10.3 Å². The highest BCUT2D eigenvalue weighted by molar-refractivity contribution is 5.95. The molecular formula is C17H16N2O4. The van der Waals surface area contributed by atoms with Crippen molar-refractivity contribution in [2.24, 2.45) is 0 Å². The van der Waals surface area contributed by atoms with Crippen molar-refractivity contribution in [3.8, 4) is 5.88 Å². The van der Waals surface area contributed by atoms with Crippen LogP contribution in [0.5, 0.6) is 5.88 Å². The molecule has 6 nitrogen and oxygen atoms in total. The number of pyridine rings is 1. The Kier molecular flexibility index (Phi) is 4.23. The van der Waals surface area contributed by atoms with Crippen LogP contribution in [0.15, 0.2) is 42.6 Å². The molecule has 1 unspecified atom stereocenters. The molecule has 3 rings (SSSR count). The van der Waals surface area contributed by atoms with E-state index in [9.17, 15) is 9.59 Å². The van der Waals surface area contributed by atoms with Crippen LogP contribution in [0.1, 0.15) is 21.5 Å². The number of cyclic esters (lactones) is 1. The van der Waals surface area contributed by atoms with Gasteiger partial charge in [-0.25, -0.2) is 9.78 Å². The quantitative estimate of drug-likeness (QED) is 0.866. The summed E-state index contributed by atoms with van der Waals surface area (Å²) in [5.74, 6) is -0.264. The number of nitrogens with zero attached hydrogens (tertiary/aromatic N) is 1. The molecule has 118 valence electrons. The average molecular weight is 312 g/mol. The fourth-order valence-electron chi connectivity index (χ4n) is 2.42. The molecular weight excluding hydrogens is 296 g/mol. The first-order chi connectivity index (χ1) is 11.2. The minimum Gasteiger partial charge on any atom is -0.481 e. The molecule has 0 aliphatic carbocycles. The molecule has 1 aromatic heterocycles. The van der Waals surface area contributed by atoms with Crippen LogP contribution in [0.4, 0.5) is 0 Å². The van der Waals surface area contributed by atoms with Gasteiger partial charge in [-0.2, -0.15) is 0 Å². The van der Waals surface area contributed by atoms with Crippen molar-refractivity contribution < 1.29 is 19.1 Å². The molecule has 0 saturated heterocycles. The van der Waals surface area contributed by atoms with Gasteiger partial charge < -0.3 is 14.8 Å². The zero-order valence-electron chi connectivity index (χ0n) is 12.6. The minimum absolute atomic E-state index is 0.311. The van der Waals surface area contributed by atoms with Crippen molar-refractivity contribution >= 4 is 11.9 Å². The number of methoxy groups -OCH3 is 1. The van der Waals surface area contributed by atoms with Gasteiger partial charge >= 0.3 is 5.97 Å². The number of benzene rings is 1. The molecule has 0 radical (unpaired) electrons. The van der Waals surface area contributed by atoms with Crippen LogP contribution in [-0.4, -0.2) is 30.1 Å². The minimum atomic E-state index is -0.802. The van der Waals surface area contributed by atoms with Gasteiger partial charge in [-0.15, -0.1) is 0 Å². The number of carbonyl (C=O) groups is 2. The maximum Gasteiger partial charge on any atom is 0.339 e. The molecule has 1 aromatic carbocycles. The van der Waals surface area contributed by atoms with E-state index in [1.54, 1.807) is 31.5 Å². The van der Waals surface area contributed by atoms with Crippen LogP contribution in [0.25, 0.3) is 0 Å². The van der Waals surface area contributed by atoms with Crippen LogP contribution in [0, 0.1) is 0 Å². The summed E-state index contributed by atoms with van der Waals surface area (Å²) in [6, 6.07) is 10.7. The Morgan fingerprint density at radius 2 is 2.17 bits per heavy atom. The van der Waals surface area contributed by atoms with Crippen LogP contribution in [0.2, 0.25) is 0 Å². The summed E-state index contributed by atoms with van der Waals surface area (Å²) in [5.41, 5.74) is 2.19. The van der Waals surface area contributed by atoms with Gasteiger partial charge in [0.05, 0.1) is 12.7 Å². The third kappa shape index (κ3) is 3.31. The van der Waals surface area contributed by atoms with Crippen LogP contribution < -0.4 is 10.1 Å². The molecule has 0 bridgehead atoms. The van der Waals surface area contributed by atoms with Gasteiger partial charge in [0.2, 0.25) is 5.88 Å². The van der Waals surface area contributed by atoms with Crippen molar-refractivity contribution in [1.29, 1.82) is 0 Å². The highest BCUT2D eigenvalue weighted by Gasteiger charge is 2.30. The van der Waals surface area contributed by atoms with Gasteiger partial charge in [0, 0.05) is 25.2 Å². The molecule has 1 amide bonds. The number of hydrogen-bond acceptors (Lipinski definition) is 5. The van der Waals surface area contributed by atoms with E-state index < -0.39 is 12.1 Å². The first kappa shape index (κ1) is 15.0. The van der Waals surface area contributed by atoms with Crippen LogP contribution in [0.3, 0.4) is 0 Å². The monoisotopic (exact) mass is 312 g/mol. The summed E-state index contributed by atoms with van der Waals surface area (Å²) in [6.45, 7) is 0.311. The van der Waals surface area contributed by atoms with Gasteiger partial charge in [0.1, 0.15) is 0 Å². The molecule has 1 aliphatic heterocycles. The Morgan fingerprint density at radius 3 is 2.91 bits per heavy atom. The third-order valence-electron chi connectivity index (χ3n) is 3.66. The number of amides is 1. The highest BCUT2D eigenvalue weighted by Crippen LogP contribution is 2.20. The van der Waals surface area contributed by atoms with Gasteiger partial charge in [-0.05, 0) is 17.2 Å². The maximum absolute atomic E-state index is 12.2. The zero-order chi connectivity index (χ0) is 16.2. The fraction of sp³-hybridized carbons (Fsp3) is 0.235. The van der Waals surface area contributed by atoms with Crippen LogP contribution >= 0.6 is 0 Å². The predicted molar refractivity (Wildman–Crippen MR) is 82.0 cm³/mol. The summed E-state index contributed by atoms with van der Waals surface area (Å²) >= 11 is 0. The van der Waals surface area contributed by atoms with E-state index in [0.29, 0.717) is 24.4 Å². The number of carbonyl (C=O) groups excluding carboxylic acids is 2. The molecule has 6 heteroatoms. The Morgan fingerprint density at radius 1 is 1.35 bits per heavy atom. The van der Waals surface area contributed by atoms with Gasteiger partial charge in [0.15, 0.2) is 6.10 Å². The lowest BCUT2D eigenvalue weighted by molar-refractivity contribution is -0.130. The van der Waals surface area contributed by atoms with Crippen molar-refractivity contribution in [3.05, 3.63) is 59.3 Å². The number of fused-ring (bicyclic) bond motifs is 1. The van der Waals surface area contributed by atoms with Crippen molar-refractivity contribution in [2.45, 2.75) is 19.1 Å². The van der Waals surface area contributed by atoms with Crippen molar-refractivity contribution in [1.82, 2.24) is 10.3 Å². The second-order valence-electron chi connectivity index (χ2n) is 5.18. The van der Waals surface area contributed by atoms with E-state index >= 15 is 0 Å². The van der Waals surface area contributed by atoms with E-state index in [-0.39, 0.29) is 5.91 Å². The lowest BCUT2D eigenvalue weighted by Crippen LogP contribution is -2.41. The second-order valence-corrected chi connectivity index (χ2v) is 5.18. The summed E-state index contributed by atoms with van der Waals surface area (Å²) in [5, 5.41) is 2.76. The lowest BCUT2D eigenvalue weighted by Gasteiger charge is -2.23. The molecule has 0 fully saturated rings. The largest absolute Gasteiger partial charge is 0.481 e. The number of aromatic nitrogens is 1. The van der Waals surface area contributed by atoms with Crippen LogP contribution in [-0.2, 0) is 22.5 Å². The molecule has 23 heavy (non-hydrogen) atoms. The number of esters is 1. The standard InChI is InChI=1S/C17H16N2O4/c1-22-15-7-6-11(9-18-15)10-19-16(20)14-8-12-4-2-3-5-13(12)17(21)23-14/h2-7,9,14H,8,10H2,1H3,(H,19,20). The van der Waals surface area contributed by atoms with Gasteiger partial charge in [0.25, 0.3) is 5.91 Å². The van der Waals surface area contributed by atoms with Crippen molar-refractivity contribution in [2.75, 3.05) is 7.11 Å². The Balaban J connectivity index is 1.61. The summed E-state index contributed by atoms with van der Waals surface area (Å²) in [4.78, 5) is 28.2. The molecule has 2 heterocycles. The average Bonchev–Trinajstić information content (AvgIpc) is 2.60. The molecule has 1 atom stereocenters. The third-order valence-corrected chi connectivity index (χ3v) is 3.66. The molecule has 2 aromatic rings. The maximum atomic E-state index is 12.2. The SMILES string of the molecule is COc1ccc(CNC(=O)C2Cc3ccccc3C(=O)O2)cn1. The van der Waals surface area contributed by atoms with Crippen molar-refractivity contribution in [3.63, 3.8) is 0 Å². The van der Waals surface area contributed by atoms with Gasteiger partial charge in [-0.3, -0.25) is 4.79 Å². The molecule has 1 N–H and O–H groups in total. The molecule has 0 spiro atoms. The number of ether oxygens (including phenoxy) is 2. The van der Waals surface area contributed by atoms with Gasteiger partial charge in [-0.1, -0.05) is 24.3 Å². The topological polar surface area (TPSA) is 77.5 Å². The Bertz CT molecular complexity index is 728. The number of rotatable bonds is 4. The molecule has 1 aliphatic rings. The van der Waals surface area contributed by atoms with E-state index in [0.717, 1.165) is 11.1 Å². The van der Waals surface area contributed by atoms with E-state index in [4.69, 9.17) is 9.47 Å². The van der Waals surface area contributed by atoms with E-state index in [1.165, 1.54) is 0 Å². The Hall–Kier alpha value is -2.89. The fourth-order valence-corrected chi connectivity index (χ4v) is 2.42. The first-order valence-corrected chi connectivity index (χ1v) is 7.23. The number of hydrogen-bond donors (Lipinski definition) is 1. The van der Waals surface area contributed by atoms with E-state index in [1.807, 2.05) is 18.2 Å². The second kappa shape index (κ2) is 6.48. The normalized spacial score (nSPS) is 16.2. The number of nitrogens with one attached hydrogen (secondary N) is 1. The first-order valence-electron chi connectivity index (χ1n) is 7.23. The zero-order valence-corrected chi connectivity index (χ0v) is 12.6. The smallest absolute Gasteiger partial charge is 0.339 e. The summed E-state index contributed by atoms with van der Waals surface area (Å²) in [7, 11) is 1.54. The summed E-state index contributed by atoms with van der Waals surface area (Å²) < 4.78 is 10.2. The predicted octanol–water partition coefficient (Wildman–Crippen LogP) is 1.49. The summed E-state index contributed by atoms with van der Waals surface area (Å²) in [6.07, 6.45) is 1.21. The Labute approximate surface area is 133 Å². The lowest BCUT2D eigenvalue weighted by atomic mass is 9.98. The molecule has 0 saturated carbocycles.